The van der Waals surface area contributed by atoms with E-state index in [0.717, 1.165) is 4.90 Å². The molecule has 1 aliphatic rings. The molecule has 0 atom stereocenters. The van der Waals surface area contributed by atoms with Gasteiger partial charge in [0.25, 0.3) is 5.92 Å². The second-order valence-electron chi connectivity index (χ2n) is 7.08. The van der Waals surface area contributed by atoms with Crippen LogP contribution < -0.4 is 5.32 Å². The number of benzene rings is 1. The van der Waals surface area contributed by atoms with Crippen LogP contribution in [0.4, 0.5) is 19.3 Å². The molecule has 0 bridgehead atoms. The Bertz CT molecular complexity index is 955. The summed E-state index contributed by atoms with van der Waals surface area (Å²) in [7, 11) is 0. The maximum atomic E-state index is 13.6. The molecule has 1 fully saturated rings. The van der Waals surface area contributed by atoms with Gasteiger partial charge in [-0.3, -0.25) is 9.59 Å². The summed E-state index contributed by atoms with van der Waals surface area (Å²) in [5.41, 5.74) is 1.41. The molecule has 2 amide bonds. The molecule has 0 spiro atoms. The number of urea groups is 1. The number of nitrogens with zero attached hydrogens (tertiary/aromatic N) is 2. The van der Waals surface area contributed by atoms with Crippen molar-refractivity contribution < 1.29 is 27.9 Å². The number of rotatable bonds is 5. The quantitative estimate of drug-likeness (QED) is 0.606. The van der Waals surface area contributed by atoms with Gasteiger partial charge in [0.05, 0.1) is 13.2 Å². The van der Waals surface area contributed by atoms with E-state index < -0.39 is 24.5 Å². The minimum Gasteiger partial charge on any atom is -0.465 e. The van der Waals surface area contributed by atoms with Crippen LogP contribution in [0, 0.1) is 0 Å². The van der Waals surface area contributed by atoms with E-state index in [4.69, 9.17) is 4.74 Å². The molecule has 1 aromatic carbocycles. The molecule has 7 nitrogen and oxygen atoms in total. The number of alkyl halides is 2. The number of hydrogen-bond donors (Lipinski definition) is 1. The molecular weight excluding hydrogens is 384 g/mol. The Labute approximate surface area is 166 Å². The lowest BCUT2D eigenvalue weighted by molar-refractivity contribution is -0.143. The molecule has 1 aromatic heterocycles. The van der Waals surface area contributed by atoms with Crippen molar-refractivity contribution in [3.05, 3.63) is 30.0 Å². The van der Waals surface area contributed by atoms with Gasteiger partial charge in [-0.25, -0.2) is 13.6 Å². The van der Waals surface area contributed by atoms with Crippen molar-refractivity contribution in [1.29, 1.82) is 0 Å². The molecular formula is C20H23F2N3O4. The van der Waals surface area contributed by atoms with E-state index in [0.29, 0.717) is 22.2 Å². The van der Waals surface area contributed by atoms with Gasteiger partial charge in [0.1, 0.15) is 6.54 Å². The number of hydrogen-bond acceptors (Lipinski definition) is 4. The van der Waals surface area contributed by atoms with Gasteiger partial charge in [0, 0.05) is 41.3 Å². The van der Waals surface area contributed by atoms with Crippen LogP contribution in [0.3, 0.4) is 0 Å². The Morgan fingerprint density at radius 2 is 2.03 bits per heavy atom. The largest absolute Gasteiger partial charge is 0.465 e. The third-order valence-electron chi connectivity index (χ3n) is 4.80. The topological polar surface area (TPSA) is 80.6 Å². The zero-order valence-corrected chi connectivity index (χ0v) is 16.3. The molecule has 3 rings (SSSR count). The van der Waals surface area contributed by atoms with E-state index in [-0.39, 0.29) is 38.3 Å². The van der Waals surface area contributed by atoms with Crippen LogP contribution in [0.5, 0.6) is 0 Å². The molecule has 0 aliphatic carbocycles. The number of esters is 1. The third kappa shape index (κ3) is 4.72. The lowest BCUT2D eigenvalue weighted by Gasteiger charge is -2.32. The number of carbonyl (C=O) groups is 3. The molecule has 0 unspecified atom stereocenters. The molecule has 0 saturated carbocycles. The average molecular weight is 407 g/mol. The van der Waals surface area contributed by atoms with Crippen molar-refractivity contribution in [2.24, 2.45) is 0 Å². The first-order chi connectivity index (χ1) is 13.7. The molecule has 1 saturated heterocycles. The minimum absolute atomic E-state index is 0.0494. The van der Waals surface area contributed by atoms with E-state index in [1.807, 2.05) is 0 Å². The Morgan fingerprint density at radius 3 is 2.69 bits per heavy atom. The van der Waals surface area contributed by atoms with Crippen molar-refractivity contribution in [2.75, 3.05) is 25.0 Å². The number of fused-ring (bicyclic) bond motifs is 1. The van der Waals surface area contributed by atoms with E-state index in [1.165, 1.54) is 6.92 Å². The standard InChI is InChI=1S/C20H23F2N3O4/c1-3-29-18(27)11-25-10-16(13(2)26)15-9-14(5-6-17(15)25)23-19(28)24-8-4-7-20(21,22)12-24/h5-6,9-10H,3-4,7-8,11-12H2,1-2H3,(H,23,28). The average Bonchev–Trinajstić information content (AvgIpc) is 2.99. The van der Waals surface area contributed by atoms with Crippen LogP contribution in [-0.2, 0) is 16.1 Å². The number of ether oxygens (including phenoxy) is 1. The number of carbonyl (C=O) groups excluding carboxylic acids is 3. The van der Waals surface area contributed by atoms with Gasteiger partial charge in [-0.2, -0.15) is 0 Å². The molecule has 1 N–H and O–H groups in total. The predicted molar refractivity (Wildman–Crippen MR) is 103 cm³/mol. The van der Waals surface area contributed by atoms with Crippen LogP contribution in [-0.4, -0.2) is 52.9 Å². The van der Waals surface area contributed by atoms with Crippen molar-refractivity contribution >= 4 is 34.4 Å². The molecule has 156 valence electrons. The summed E-state index contributed by atoms with van der Waals surface area (Å²) >= 11 is 0. The molecule has 1 aliphatic heterocycles. The fraction of sp³-hybridized carbons (Fsp3) is 0.450. The molecule has 2 heterocycles. The Kier molecular flexibility index (Phi) is 5.86. The summed E-state index contributed by atoms with van der Waals surface area (Å²) in [5, 5.41) is 3.18. The van der Waals surface area contributed by atoms with Gasteiger partial charge in [0.15, 0.2) is 5.78 Å². The number of aromatic nitrogens is 1. The van der Waals surface area contributed by atoms with Crippen molar-refractivity contribution in [2.45, 2.75) is 39.2 Å². The second-order valence-corrected chi connectivity index (χ2v) is 7.08. The first kappa shape index (κ1) is 20.8. The SMILES string of the molecule is CCOC(=O)Cn1cc(C(C)=O)c2cc(NC(=O)N3CCCC(F)(F)C3)ccc21. The highest BCUT2D eigenvalue weighted by Gasteiger charge is 2.37. The van der Waals surface area contributed by atoms with E-state index in [1.54, 1.807) is 35.9 Å². The van der Waals surface area contributed by atoms with Gasteiger partial charge < -0.3 is 19.5 Å². The van der Waals surface area contributed by atoms with Crippen LogP contribution in [0.1, 0.15) is 37.0 Å². The van der Waals surface area contributed by atoms with Crippen LogP contribution in [0.15, 0.2) is 24.4 Å². The van der Waals surface area contributed by atoms with Gasteiger partial charge in [-0.05, 0) is 38.5 Å². The Morgan fingerprint density at radius 1 is 1.28 bits per heavy atom. The van der Waals surface area contributed by atoms with Crippen molar-refractivity contribution in [3.63, 3.8) is 0 Å². The van der Waals surface area contributed by atoms with Crippen molar-refractivity contribution in [1.82, 2.24) is 9.47 Å². The predicted octanol–water partition coefficient (Wildman–Crippen LogP) is 3.67. The van der Waals surface area contributed by atoms with Gasteiger partial charge >= 0.3 is 12.0 Å². The van der Waals surface area contributed by atoms with E-state index in [2.05, 4.69) is 5.32 Å². The summed E-state index contributed by atoms with van der Waals surface area (Å²) in [5.74, 6) is -3.51. The summed E-state index contributed by atoms with van der Waals surface area (Å²) in [4.78, 5) is 37.3. The van der Waals surface area contributed by atoms with Crippen LogP contribution in [0.25, 0.3) is 10.9 Å². The summed E-state index contributed by atoms with van der Waals surface area (Å²) in [6.45, 7) is 2.97. The Balaban J connectivity index is 1.85. The van der Waals surface area contributed by atoms with Crippen LogP contribution in [0.2, 0.25) is 0 Å². The first-order valence-electron chi connectivity index (χ1n) is 9.43. The highest BCUT2D eigenvalue weighted by atomic mass is 19.3. The summed E-state index contributed by atoms with van der Waals surface area (Å²) in [6, 6.07) is 4.27. The normalized spacial score (nSPS) is 15.9. The van der Waals surface area contributed by atoms with Gasteiger partial charge in [0.2, 0.25) is 0 Å². The number of piperidine rings is 1. The lowest BCUT2D eigenvalue weighted by atomic mass is 10.1. The molecule has 2 aromatic rings. The number of halogens is 2. The number of anilines is 1. The number of ketones is 1. The van der Waals surface area contributed by atoms with Gasteiger partial charge in [-0.1, -0.05) is 0 Å². The monoisotopic (exact) mass is 407 g/mol. The van der Waals surface area contributed by atoms with Crippen molar-refractivity contribution in [3.8, 4) is 0 Å². The maximum absolute atomic E-state index is 13.6. The number of amides is 2. The third-order valence-corrected chi connectivity index (χ3v) is 4.80. The minimum atomic E-state index is -2.88. The molecule has 9 heteroatoms. The fourth-order valence-corrected chi connectivity index (χ4v) is 3.47. The summed E-state index contributed by atoms with van der Waals surface area (Å²) < 4.78 is 33.7. The van der Waals surface area contributed by atoms with E-state index >= 15 is 0 Å². The maximum Gasteiger partial charge on any atom is 0.325 e. The smallest absolute Gasteiger partial charge is 0.325 e. The Hall–Kier alpha value is -2.97. The second kappa shape index (κ2) is 8.18. The lowest BCUT2D eigenvalue weighted by Crippen LogP contribution is -2.47. The van der Waals surface area contributed by atoms with Gasteiger partial charge in [-0.15, -0.1) is 0 Å². The zero-order valence-electron chi connectivity index (χ0n) is 16.3. The fourth-order valence-electron chi connectivity index (χ4n) is 3.47. The number of Topliss-reactive ketones (excluding diaryl/α,β-unsaturated/α-hetero) is 1. The van der Waals surface area contributed by atoms with E-state index in [9.17, 15) is 23.2 Å². The highest BCUT2D eigenvalue weighted by molar-refractivity contribution is 6.08. The summed E-state index contributed by atoms with van der Waals surface area (Å²) in [6.07, 6.45) is 1.59. The highest BCUT2D eigenvalue weighted by Crippen LogP contribution is 2.28. The number of nitrogens with one attached hydrogen (secondary N) is 1. The first-order valence-corrected chi connectivity index (χ1v) is 9.43. The number of likely N-dealkylation sites (tertiary alicyclic amines) is 1. The molecule has 29 heavy (non-hydrogen) atoms. The zero-order chi connectivity index (χ0) is 21.2. The van der Waals surface area contributed by atoms with Crippen LogP contribution >= 0.6 is 0 Å². The molecule has 0 radical (unpaired) electrons.